The maximum atomic E-state index is 12.7. The quantitative estimate of drug-likeness (QED) is 0.663. The van der Waals surface area contributed by atoms with Crippen molar-refractivity contribution >= 4 is 5.97 Å². The molecule has 1 unspecified atom stereocenters. The molecular formula is C9H14F2O3. The van der Waals surface area contributed by atoms with Gasteiger partial charge < -0.3 is 9.47 Å². The lowest BCUT2D eigenvalue weighted by Crippen LogP contribution is -2.51. The van der Waals surface area contributed by atoms with Gasteiger partial charge in [-0.25, -0.2) is 13.6 Å². The fourth-order valence-corrected chi connectivity index (χ4v) is 1.49. The molecule has 1 heterocycles. The van der Waals surface area contributed by atoms with Gasteiger partial charge in [-0.05, 0) is 26.2 Å². The van der Waals surface area contributed by atoms with Crippen LogP contribution in [0, 0.1) is 0 Å². The molecule has 0 radical (unpaired) electrons. The lowest BCUT2D eigenvalue weighted by Gasteiger charge is -2.33. The van der Waals surface area contributed by atoms with Gasteiger partial charge in [0, 0.05) is 6.61 Å². The fraction of sp³-hybridized carbons (Fsp3) is 0.889. The first-order valence-electron chi connectivity index (χ1n) is 4.73. The molecule has 0 aromatic carbocycles. The van der Waals surface area contributed by atoms with Crippen LogP contribution in [-0.4, -0.2) is 31.2 Å². The molecule has 3 nitrogen and oxygen atoms in total. The summed E-state index contributed by atoms with van der Waals surface area (Å²) in [7, 11) is 0. The Kier molecular flexibility index (Phi) is 3.80. The second-order valence-electron chi connectivity index (χ2n) is 3.22. The molecule has 1 aliphatic rings. The van der Waals surface area contributed by atoms with Crippen molar-refractivity contribution in [3.05, 3.63) is 0 Å². The topological polar surface area (TPSA) is 35.5 Å². The van der Waals surface area contributed by atoms with Crippen molar-refractivity contribution in [2.45, 2.75) is 38.2 Å². The number of halogens is 2. The summed E-state index contributed by atoms with van der Waals surface area (Å²) in [5.41, 5.74) is -2.01. The standard InChI is InChI=1S/C9H14F2O3/c1-2-13-8(12)9(7(10)11)5-3-4-6-14-9/h7H,2-6H2,1H3. The van der Waals surface area contributed by atoms with Crippen molar-refractivity contribution in [3.63, 3.8) is 0 Å². The van der Waals surface area contributed by atoms with Crippen molar-refractivity contribution in [1.82, 2.24) is 0 Å². The third kappa shape index (κ3) is 2.03. The highest BCUT2D eigenvalue weighted by molar-refractivity contribution is 5.80. The van der Waals surface area contributed by atoms with Crippen LogP contribution in [0.25, 0.3) is 0 Å². The minimum absolute atomic E-state index is 0.0451. The van der Waals surface area contributed by atoms with E-state index in [-0.39, 0.29) is 19.6 Å². The first-order valence-corrected chi connectivity index (χ1v) is 4.73. The Balaban J connectivity index is 2.74. The summed E-state index contributed by atoms with van der Waals surface area (Å²) >= 11 is 0. The molecule has 0 N–H and O–H groups in total. The van der Waals surface area contributed by atoms with E-state index in [0.717, 1.165) is 0 Å². The Bertz CT molecular complexity index is 200. The first-order chi connectivity index (χ1) is 6.63. The molecule has 14 heavy (non-hydrogen) atoms. The van der Waals surface area contributed by atoms with E-state index in [2.05, 4.69) is 4.74 Å². The maximum Gasteiger partial charge on any atom is 0.344 e. The summed E-state index contributed by atoms with van der Waals surface area (Å²) in [6.07, 6.45) is -1.48. The highest BCUT2D eigenvalue weighted by atomic mass is 19.3. The predicted octanol–water partition coefficient (Wildman–Crippen LogP) is 1.75. The zero-order valence-corrected chi connectivity index (χ0v) is 8.09. The number of hydrogen-bond acceptors (Lipinski definition) is 3. The predicted molar refractivity (Wildman–Crippen MR) is 45.2 cm³/mol. The highest BCUT2D eigenvalue weighted by Crippen LogP contribution is 2.32. The molecule has 1 fully saturated rings. The lowest BCUT2D eigenvalue weighted by atomic mass is 9.94. The zero-order valence-electron chi connectivity index (χ0n) is 8.09. The van der Waals surface area contributed by atoms with Gasteiger partial charge in [-0.1, -0.05) is 0 Å². The van der Waals surface area contributed by atoms with Crippen LogP contribution in [0.4, 0.5) is 8.78 Å². The normalized spacial score (nSPS) is 27.7. The number of carbonyl (C=O) groups is 1. The average Bonchev–Trinajstić information content (AvgIpc) is 2.19. The van der Waals surface area contributed by atoms with Crippen LogP contribution in [0.1, 0.15) is 26.2 Å². The van der Waals surface area contributed by atoms with Crippen LogP contribution >= 0.6 is 0 Å². The first kappa shape index (κ1) is 11.4. The van der Waals surface area contributed by atoms with E-state index >= 15 is 0 Å². The van der Waals surface area contributed by atoms with Gasteiger partial charge in [0.25, 0.3) is 6.43 Å². The SMILES string of the molecule is CCOC(=O)C1(C(F)F)CCCCO1. The van der Waals surface area contributed by atoms with E-state index in [9.17, 15) is 13.6 Å². The average molecular weight is 208 g/mol. The van der Waals surface area contributed by atoms with E-state index < -0.39 is 18.0 Å². The number of rotatable bonds is 3. The Morgan fingerprint density at radius 2 is 2.29 bits per heavy atom. The molecule has 0 aromatic rings. The van der Waals surface area contributed by atoms with Gasteiger partial charge in [-0.15, -0.1) is 0 Å². The molecule has 1 rings (SSSR count). The minimum atomic E-state index is -2.82. The molecule has 1 atom stereocenters. The molecule has 0 aromatic heterocycles. The summed E-state index contributed by atoms with van der Waals surface area (Å²) in [5.74, 6) is -0.935. The summed E-state index contributed by atoms with van der Waals surface area (Å²) in [6.45, 7) is 1.87. The van der Waals surface area contributed by atoms with E-state index in [0.29, 0.717) is 12.8 Å². The van der Waals surface area contributed by atoms with Gasteiger partial charge in [0.15, 0.2) is 0 Å². The summed E-state index contributed by atoms with van der Waals surface area (Å²) in [4.78, 5) is 11.3. The largest absolute Gasteiger partial charge is 0.464 e. The summed E-state index contributed by atoms with van der Waals surface area (Å²) in [5, 5.41) is 0. The molecule has 0 bridgehead atoms. The lowest BCUT2D eigenvalue weighted by molar-refractivity contribution is -0.203. The summed E-state index contributed by atoms with van der Waals surface area (Å²) < 4.78 is 35.0. The molecule has 1 saturated heterocycles. The van der Waals surface area contributed by atoms with E-state index in [4.69, 9.17) is 4.74 Å². The summed E-state index contributed by atoms with van der Waals surface area (Å²) in [6, 6.07) is 0. The fourth-order valence-electron chi connectivity index (χ4n) is 1.49. The molecule has 5 heteroatoms. The number of alkyl halides is 2. The van der Waals surface area contributed by atoms with Gasteiger partial charge in [-0.3, -0.25) is 0 Å². The van der Waals surface area contributed by atoms with Crippen molar-refractivity contribution in [3.8, 4) is 0 Å². The van der Waals surface area contributed by atoms with Crippen LogP contribution < -0.4 is 0 Å². The monoisotopic (exact) mass is 208 g/mol. The Morgan fingerprint density at radius 1 is 1.57 bits per heavy atom. The molecule has 82 valence electrons. The third-order valence-corrected chi connectivity index (χ3v) is 2.28. The Morgan fingerprint density at radius 3 is 2.71 bits per heavy atom. The number of esters is 1. The van der Waals surface area contributed by atoms with E-state index in [1.54, 1.807) is 6.92 Å². The van der Waals surface area contributed by atoms with Crippen molar-refractivity contribution in [2.75, 3.05) is 13.2 Å². The number of ether oxygens (including phenoxy) is 2. The van der Waals surface area contributed by atoms with Crippen LogP contribution in [0.2, 0.25) is 0 Å². The molecule has 0 aliphatic carbocycles. The van der Waals surface area contributed by atoms with Crippen molar-refractivity contribution < 1.29 is 23.0 Å². The van der Waals surface area contributed by atoms with E-state index in [1.807, 2.05) is 0 Å². The van der Waals surface area contributed by atoms with Crippen molar-refractivity contribution in [1.29, 1.82) is 0 Å². The van der Waals surface area contributed by atoms with Gasteiger partial charge >= 0.3 is 5.97 Å². The second kappa shape index (κ2) is 4.68. The molecule has 1 aliphatic heterocycles. The maximum absolute atomic E-state index is 12.7. The van der Waals surface area contributed by atoms with Crippen LogP contribution in [0.3, 0.4) is 0 Å². The minimum Gasteiger partial charge on any atom is -0.464 e. The molecule has 0 spiro atoms. The zero-order chi connectivity index (χ0) is 10.6. The van der Waals surface area contributed by atoms with Gasteiger partial charge in [-0.2, -0.15) is 0 Å². The second-order valence-corrected chi connectivity index (χ2v) is 3.22. The Labute approximate surface area is 81.4 Å². The molecule has 0 saturated carbocycles. The molecule has 0 amide bonds. The number of hydrogen-bond donors (Lipinski definition) is 0. The number of carbonyl (C=O) groups excluding carboxylic acids is 1. The van der Waals surface area contributed by atoms with E-state index in [1.165, 1.54) is 0 Å². The van der Waals surface area contributed by atoms with Crippen LogP contribution in [0.5, 0.6) is 0 Å². The van der Waals surface area contributed by atoms with Crippen LogP contribution in [0.15, 0.2) is 0 Å². The Hall–Kier alpha value is -0.710. The van der Waals surface area contributed by atoms with Gasteiger partial charge in [0.2, 0.25) is 5.60 Å². The third-order valence-electron chi connectivity index (χ3n) is 2.28. The van der Waals surface area contributed by atoms with Crippen molar-refractivity contribution in [2.24, 2.45) is 0 Å². The van der Waals surface area contributed by atoms with Gasteiger partial charge in [0.1, 0.15) is 0 Å². The van der Waals surface area contributed by atoms with Crippen LogP contribution in [-0.2, 0) is 14.3 Å². The highest BCUT2D eigenvalue weighted by Gasteiger charge is 2.50. The van der Waals surface area contributed by atoms with Gasteiger partial charge in [0.05, 0.1) is 6.61 Å². The molecular weight excluding hydrogens is 194 g/mol. The smallest absolute Gasteiger partial charge is 0.344 e.